The summed E-state index contributed by atoms with van der Waals surface area (Å²) in [5.74, 6) is -0.475. The van der Waals surface area contributed by atoms with Gasteiger partial charge in [0.25, 0.3) is 0 Å². The number of hydrogen-bond donors (Lipinski definition) is 2. The van der Waals surface area contributed by atoms with E-state index in [9.17, 15) is 23.1 Å². The van der Waals surface area contributed by atoms with Crippen molar-refractivity contribution in [1.29, 1.82) is 0 Å². The normalized spacial score (nSPS) is 21.9. The number of aliphatic hydroxyl groups is 1. The van der Waals surface area contributed by atoms with Crippen LogP contribution in [0.5, 0.6) is 0 Å². The molecule has 0 spiro atoms. The van der Waals surface area contributed by atoms with Gasteiger partial charge in [-0.1, -0.05) is 13.8 Å². The first-order chi connectivity index (χ1) is 16.3. The molecule has 0 unspecified atom stereocenters. The van der Waals surface area contributed by atoms with E-state index < -0.39 is 36.5 Å². The van der Waals surface area contributed by atoms with Gasteiger partial charge >= 0.3 is 6.18 Å². The first-order valence-corrected chi connectivity index (χ1v) is 11.5. The van der Waals surface area contributed by atoms with E-state index in [0.717, 1.165) is 19.5 Å². The number of rotatable bonds is 5. The van der Waals surface area contributed by atoms with Crippen molar-refractivity contribution in [2.24, 2.45) is 11.8 Å². The van der Waals surface area contributed by atoms with E-state index >= 15 is 4.39 Å². The lowest BCUT2D eigenvalue weighted by Crippen LogP contribution is -2.39. The molecule has 11 heteroatoms. The second-order valence-corrected chi connectivity index (χ2v) is 10.1. The van der Waals surface area contributed by atoms with Crippen LogP contribution in [0.4, 0.5) is 40.6 Å². The Balaban J connectivity index is 1.76. The summed E-state index contributed by atoms with van der Waals surface area (Å²) in [6, 6.07) is 4.46. The molecular weight excluding hydrogens is 466 g/mol. The fraction of sp³-hybridized carbons (Fsp3) is 0.542. The van der Waals surface area contributed by atoms with Crippen LogP contribution in [0, 0.1) is 17.7 Å². The summed E-state index contributed by atoms with van der Waals surface area (Å²) < 4.78 is 54.0. The highest BCUT2D eigenvalue weighted by molar-refractivity contribution is 6.12. The molecule has 2 aromatic rings. The third-order valence-corrected chi connectivity index (χ3v) is 6.51. The Labute approximate surface area is 201 Å². The Morgan fingerprint density at radius 2 is 1.83 bits per heavy atom. The zero-order chi connectivity index (χ0) is 25.7. The maximum Gasteiger partial charge on any atom is 0.405 e. The largest absolute Gasteiger partial charge is 0.405 e. The van der Waals surface area contributed by atoms with Crippen molar-refractivity contribution < 1.29 is 27.5 Å². The molecule has 2 aliphatic heterocycles. The van der Waals surface area contributed by atoms with Crippen molar-refractivity contribution >= 4 is 28.9 Å². The van der Waals surface area contributed by atoms with Crippen molar-refractivity contribution in [3.63, 3.8) is 0 Å². The van der Waals surface area contributed by atoms with Gasteiger partial charge < -0.3 is 15.3 Å². The van der Waals surface area contributed by atoms with Crippen LogP contribution in [0.15, 0.2) is 18.2 Å². The lowest BCUT2D eigenvalue weighted by Gasteiger charge is -2.37. The van der Waals surface area contributed by atoms with Crippen molar-refractivity contribution in [1.82, 2.24) is 9.97 Å². The number of amides is 1. The second kappa shape index (κ2) is 8.92. The number of alkyl halides is 3. The predicted molar refractivity (Wildman–Crippen MR) is 124 cm³/mol. The summed E-state index contributed by atoms with van der Waals surface area (Å²) in [7, 11) is 0. The van der Waals surface area contributed by atoms with E-state index in [1.165, 1.54) is 11.0 Å². The van der Waals surface area contributed by atoms with Gasteiger partial charge in [-0.25, -0.2) is 14.4 Å². The molecule has 190 valence electrons. The SMILES string of the molecule is C[C@@H]1C[C@H](C)CN(c2ccc(N3C(=O)C(C)(C)c4c(NCC(F)(F)F)nc(CO)nc43)cc2F)C1. The van der Waals surface area contributed by atoms with Crippen LogP contribution in [0.1, 0.15) is 45.5 Å². The number of aromatic nitrogens is 2. The molecule has 4 rings (SSSR count). The molecule has 1 fully saturated rings. The Morgan fingerprint density at radius 1 is 1.17 bits per heavy atom. The molecule has 7 nitrogen and oxygen atoms in total. The molecule has 3 heterocycles. The van der Waals surface area contributed by atoms with Crippen LogP contribution in [0.2, 0.25) is 0 Å². The molecule has 0 aliphatic carbocycles. The molecule has 2 aliphatic rings. The number of piperidine rings is 1. The van der Waals surface area contributed by atoms with Gasteiger partial charge in [-0.2, -0.15) is 13.2 Å². The number of hydrogen-bond acceptors (Lipinski definition) is 6. The van der Waals surface area contributed by atoms with Crippen LogP contribution < -0.4 is 15.1 Å². The van der Waals surface area contributed by atoms with Gasteiger partial charge in [0.15, 0.2) is 5.82 Å². The van der Waals surface area contributed by atoms with Gasteiger partial charge in [0.05, 0.1) is 22.4 Å². The minimum atomic E-state index is -4.52. The Bertz CT molecular complexity index is 1130. The van der Waals surface area contributed by atoms with Crippen molar-refractivity contribution in [2.75, 3.05) is 34.8 Å². The quantitative estimate of drug-likeness (QED) is 0.594. The summed E-state index contributed by atoms with van der Waals surface area (Å²) >= 11 is 0. The maximum absolute atomic E-state index is 15.3. The monoisotopic (exact) mass is 495 g/mol. The Morgan fingerprint density at radius 3 is 2.40 bits per heavy atom. The smallest absolute Gasteiger partial charge is 0.388 e. The van der Waals surface area contributed by atoms with E-state index in [2.05, 4.69) is 29.1 Å². The summed E-state index contributed by atoms with van der Waals surface area (Å²) in [5, 5.41) is 11.8. The summed E-state index contributed by atoms with van der Waals surface area (Å²) in [6.07, 6.45) is -3.45. The number of nitrogens with one attached hydrogen (secondary N) is 1. The number of aliphatic hydroxyl groups excluding tert-OH is 1. The molecule has 0 radical (unpaired) electrons. The maximum atomic E-state index is 15.3. The van der Waals surface area contributed by atoms with Crippen molar-refractivity contribution in [3.8, 4) is 0 Å². The molecule has 2 N–H and O–H groups in total. The van der Waals surface area contributed by atoms with E-state index in [4.69, 9.17) is 0 Å². The average molecular weight is 496 g/mol. The zero-order valence-corrected chi connectivity index (χ0v) is 20.1. The molecular formula is C24H29F4N5O2. The molecule has 0 bridgehead atoms. The van der Waals surface area contributed by atoms with Gasteiger partial charge in [0, 0.05) is 19.2 Å². The molecule has 0 saturated carbocycles. The predicted octanol–water partition coefficient (Wildman–Crippen LogP) is 4.52. The van der Waals surface area contributed by atoms with Crippen LogP contribution in [0.25, 0.3) is 0 Å². The van der Waals surface area contributed by atoms with Gasteiger partial charge in [-0.05, 0) is 44.2 Å². The number of carbonyl (C=O) groups excluding carboxylic acids is 1. The topological polar surface area (TPSA) is 81.6 Å². The number of benzene rings is 1. The third-order valence-electron chi connectivity index (χ3n) is 6.51. The highest BCUT2D eigenvalue weighted by Gasteiger charge is 2.49. The fourth-order valence-electron chi connectivity index (χ4n) is 5.09. The first kappa shape index (κ1) is 25.2. The standard InChI is InChI=1S/C24H29F4N5O2/c1-13-7-14(2)10-32(9-13)17-6-5-15(8-16(17)25)33-21-19(23(3,4)22(33)35)20(29-12-24(26,27)28)30-18(11-34)31-21/h5-6,8,13-14,34H,7,9-12H2,1-4H3,(H,29,30,31)/t13-,14+. The van der Waals surface area contributed by atoms with Crippen LogP contribution in [-0.2, 0) is 16.8 Å². The Kier molecular flexibility index (Phi) is 6.41. The number of halogens is 4. The zero-order valence-electron chi connectivity index (χ0n) is 20.1. The van der Waals surface area contributed by atoms with Crippen molar-refractivity contribution in [3.05, 3.63) is 35.4 Å². The molecule has 35 heavy (non-hydrogen) atoms. The van der Waals surface area contributed by atoms with Crippen LogP contribution in [-0.4, -0.2) is 46.8 Å². The minimum Gasteiger partial charge on any atom is -0.388 e. The second-order valence-electron chi connectivity index (χ2n) is 10.1. The van der Waals surface area contributed by atoms with Gasteiger partial charge in [-0.15, -0.1) is 0 Å². The van der Waals surface area contributed by atoms with E-state index in [0.29, 0.717) is 17.5 Å². The van der Waals surface area contributed by atoms with Gasteiger partial charge in [0.2, 0.25) is 5.91 Å². The van der Waals surface area contributed by atoms with E-state index in [1.54, 1.807) is 26.0 Å². The third kappa shape index (κ3) is 4.78. The van der Waals surface area contributed by atoms with Crippen LogP contribution in [0.3, 0.4) is 0 Å². The molecule has 1 amide bonds. The lowest BCUT2D eigenvalue weighted by molar-refractivity contribution is -0.121. The summed E-state index contributed by atoms with van der Waals surface area (Å²) in [5.41, 5.74) is -0.494. The molecule has 1 aromatic carbocycles. The van der Waals surface area contributed by atoms with Crippen molar-refractivity contribution in [2.45, 2.75) is 52.3 Å². The molecule has 1 aromatic heterocycles. The molecule has 1 saturated heterocycles. The number of nitrogens with zero attached hydrogens (tertiary/aromatic N) is 4. The highest BCUT2D eigenvalue weighted by atomic mass is 19.4. The van der Waals surface area contributed by atoms with Gasteiger partial charge in [0.1, 0.15) is 30.6 Å². The lowest BCUT2D eigenvalue weighted by atomic mass is 9.87. The van der Waals surface area contributed by atoms with Gasteiger partial charge in [-0.3, -0.25) is 9.69 Å². The fourth-order valence-corrected chi connectivity index (χ4v) is 5.09. The number of anilines is 4. The van der Waals surface area contributed by atoms with E-state index in [-0.39, 0.29) is 28.7 Å². The number of fused-ring (bicyclic) bond motifs is 1. The van der Waals surface area contributed by atoms with E-state index in [1.807, 2.05) is 4.90 Å². The Hall–Kier alpha value is -2.95. The average Bonchev–Trinajstić information content (AvgIpc) is 2.96. The minimum absolute atomic E-state index is 0.0242. The highest BCUT2D eigenvalue weighted by Crippen LogP contribution is 2.47. The summed E-state index contributed by atoms with van der Waals surface area (Å²) in [4.78, 5) is 24.8. The molecule has 2 atom stereocenters. The van der Waals surface area contributed by atoms with Crippen LogP contribution >= 0.6 is 0 Å². The first-order valence-electron chi connectivity index (χ1n) is 11.5. The summed E-state index contributed by atoms with van der Waals surface area (Å²) in [6.45, 7) is 6.78. The number of carbonyl (C=O) groups is 1.